The van der Waals surface area contributed by atoms with Crippen LogP contribution in [0.1, 0.15) is 18.9 Å². The van der Waals surface area contributed by atoms with Gasteiger partial charge in [-0.05, 0) is 37.0 Å². The minimum absolute atomic E-state index is 0.0388. The molecule has 2 atom stereocenters. The molecular weight excluding hydrogens is 372 g/mol. The number of fused-ring (bicyclic) bond motifs is 1. The molecule has 0 N–H and O–H groups in total. The van der Waals surface area contributed by atoms with Gasteiger partial charge in [0.25, 0.3) is 0 Å². The molecule has 1 aliphatic rings. The zero-order chi connectivity index (χ0) is 19.9. The van der Waals surface area contributed by atoms with Crippen LogP contribution in [0.25, 0.3) is 17.0 Å². The van der Waals surface area contributed by atoms with Crippen molar-refractivity contribution in [3.05, 3.63) is 42.4 Å². The van der Waals surface area contributed by atoms with Crippen molar-refractivity contribution in [2.45, 2.75) is 26.3 Å². The molecule has 3 aromatic rings. The predicted molar refractivity (Wildman–Crippen MR) is 113 cm³/mol. The molecule has 0 aliphatic carbocycles. The van der Waals surface area contributed by atoms with Gasteiger partial charge in [0.15, 0.2) is 0 Å². The normalized spacial score (nSPS) is 20.5. The van der Waals surface area contributed by atoms with Gasteiger partial charge in [0.2, 0.25) is 5.95 Å². The summed E-state index contributed by atoms with van der Waals surface area (Å²) in [4.78, 5) is 16.0. The molecular formula is C20H26N6OS. The molecule has 8 heteroatoms. The Morgan fingerprint density at radius 2 is 2.00 bits per heavy atom. The van der Waals surface area contributed by atoms with E-state index in [0.29, 0.717) is 18.4 Å². The molecule has 0 radical (unpaired) electrons. The van der Waals surface area contributed by atoms with Crippen molar-refractivity contribution in [1.82, 2.24) is 19.4 Å². The third kappa shape index (κ3) is 4.01. The SMILES string of the molecule is Cc1ccc2ncc(-c3ccnc(N4C[C@H](C)C[C@H](N=S(C)(C)=O)C4)n3)n2c1. The lowest BCUT2D eigenvalue weighted by atomic mass is 9.97. The van der Waals surface area contributed by atoms with Gasteiger partial charge in [-0.15, -0.1) is 0 Å². The van der Waals surface area contributed by atoms with Crippen LogP contribution in [0.4, 0.5) is 5.95 Å². The largest absolute Gasteiger partial charge is 0.338 e. The molecule has 0 saturated carbocycles. The summed E-state index contributed by atoms with van der Waals surface area (Å²) in [5, 5.41) is 0. The number of aromatic nitrogens is 4. The van der Waals surface area contributed by atoms with Gasteiger partial charge in [0, 0.05) is 47.7 Å². The monoisotopic (exact) mass is 398 g/mol. The van der Waals surface area contributed by atoms with Crippen LogP contribution in [-0.2, 0) is 9.73 Å². The molecule has 0 amide bonds. The highest BCUT2D eigenvalue weighted by Crippen LogP contribution is 2.25. The summed E-state index contributed by atoms with van der Waals surface area (Å²) >= 11 is 0. The quantitative estimate of drug-likeness (QED) is 0.678. The van der Waals surface area contributed by atoms with Gasteiger partial charge in [-0.2, -0.15) is 0 Å². The second kappa shape index (κ2) is 7.16. The number of aryl methyl sites for hydroxylation is 1. The predicted octanol–water partition coefficient (Wildman–Crippen LogP) is 3.04. The number of piperidine rings is 1. The van der Waals surface area contributed by atoms with E-state index in [0.717, 1.165) is 35.6 Å². The number of hydrogen-bond donors (Lipinski definition) is 0. The average Bonchev–Trinajstić information content (AvgIpc) is 3.03. The van der Waals surface area contributed by atoms with E-state index in [9.17, 15) is 4.21 Å². The van der Waals surface area contributed by atoms with Gasteiger partial charge in [-0.25, -0.2) is 19.3 Å². The Kier molecular flexibility index (Phi) is 4.82. The maximum Gasteiger partial charge on any atom is 0.225 e. The fraction of sp³-hybridized carbons (Fsp3) is 0.450. The standard InChI is InChI=1S/C20H26N6OS/c1-14-5-6-19-22-10-18(26(19)12-14)17-7-8-21-20(23-17)25-11-15(2)9-16(13-25)24-28(3,4)27/h5-8,10,12,15-16H,9,11,13H2,1-4H3/t15-,16+/m1/s1. The van der Waals surface area contributed by atoms with Crippen LogP contribution in [0.3, 0.4) is 0 Å². The minimum atomic E-state index is -2.13. The molecule has 1 aliphatic heterocycles. The Morgan fingerprint density at radius 1 is 1.18 bits per heavy atom. The maximum absolute atomic E-state index is 12.1. The molecule has 4 rings (SSSR count). The Balaban J connectivity index is 1.68. The summed E-state index contributed by atoms with van der Waals surface area (Å²) in [6.07, 6.45) is 10.0. The summed E-state index contributed by atoms with van der Waals surface area (Å²) in [5.74, 6) is 1.13. The Morgan fingerprint density at radius 3 is 2.79 bits per heavy atom. The Bertz CT molecular complexity index is 1120. The second-order valence-electron chi connectivity index (χ2n) is 8.01. The fourth-order valence-electron chi connectivity index (χ4n) is 3.84. The lowest BCUT2D eigenvalue weighted by Gasteiger charge is -2.34. The fourth-order valence-corrected chi connectivity index (χ4v) is 4.71. The number of anilines is 1. The van der Waals surface area contributed by atoms with Crippen LogP contribution in [0, 0.1) is 12.8 Å². The van der Waals surface area contributed by atoms with Gasteiger partial charge >= 0.3 is 0 Å². The summed E-state index contributed by atoms with van der Waals surface area (Å²) in [6, 6.07) is 6.01. The summed E-state index contributed by atoms with van der Waals surface area (Å²) < 4.78 is 18.7. The van der Waals surface area contributed by atoms with E-state index in [1.807, 2.05) is 18.3 Å². The summed E-state index contributed by atoms with van der Waals surface area (Å²) in [7, 11) is -2.13. The van der Waals surface area contributed by atoms with E-state index in [2.05, 4.69) is 49.7 Å². The molecule has 7 nitrogen and oxygen atoms in total. The number of imidazole rings is 1. The minimum Gasteiger partial charge on any atom is -0.338 e. The van der Waals surface area contributed by atoms with Crippen molar-refractivity contribution in [2.75, 3.05) is 30.5 Å². The molecule has 1 fully saturated rings. The molecule has 28 heavy (non-hydrogen) atoms. The molecule has 4 heterocycles. The van der Waals surface area contributed by atoms with E-state index in [1.54, 1.807) is 18.7 Å². The third-order valence-corrected chi connectivity index (χ3v) is 5.69. The van der Waals surface area contributed by atoms with E-state index in [4.69, 9.17) is 4.98 Å². The zero-order valence-electron chi connectivity index (χ0n) is 16.7. The van der Waals surface area contributed by atoms with Crippen LogP contribution < -0.4 is 4.90 Å². The van der Waals surface area contributed by atoms with Crippen LogP contribution in [-0.4, -0.2) is 55.2 Å². The van der Waals surface area contributed by atoms with Crippen molar-refractivity contribution in [3.8, 4) is 11.4 Å². The lowest BCUT2D eigenvalue weighted by Crippen LogP contribution is -2.42. The van der Waals surface area contributed by atoms with Gasteiger partial charge < -0.3 is 4.90 Å². The van der Waals surface area contributed by atoms with Crippen LogP contribution >= 0.6 is 0 Å². The van der Waals surface area contributed by atoms with Gasteiger partial charge in [-0.1, -0.05) is 13.0 Å². The highest BCUT2D eigenvalue weighted by Gasteiger charge is 2.27. The second-order valence-corrected chi connectivity index (χ2v) is 10.6. The number of pyridine rings is 1. The van der Waals surface area contributed by atoms with Crippen molar-refractivity contribution in [2.24, 2.45) is 10.3 Å². The molecule has 0 spiro atoms. The van der Waals surface area contributed by atoms with E-state index >= 15 is 0 Å². The first-order valence-electron chi connectivity index (χ1n) is 9.47. The maximum atomic E-state index is 12.1. The zero-order valence-corrected chi connectivity index (χ0v) is 17.6. The van der Waals surface area contributed by atoms with Gasteiger partial charge in [0.05, 0.1) is 23.6 Å². The average molecular weight is 399 g/mol. The van der Waals surface area contributed by atoms with Crippen molar-refractivity contribution in [3.63, 3.8) is 0 Å². The first kappa shape index (κ1) is 18.9. The molecule has 0 unspecified atom stereocenters. The number of nitrogens with zero attached hydrogens (tertiary/aromatic N) is 6. The number of hydrogen-bond acceptors (Lipinski definition) is 6. The molecule has 0 bridgehead atoms. The van der Waals surface area contributed by atoms with Gasteiger partial charge in [0.1, 0.15) is 5.65 Å². The Labute approximate surface area is 166 Å². The van der Waals surface area contributed by atoms with Crippen LogP contribution in [0.15, 0.2) is 41.2 Å². The highest BCUT2D eigenvalue weighted by atomic mass is 32.2. The van der Waals surface area contributed by atoms with Crippen molar-refractivity contribution < 1.29 is 4.21 Å². The van der Waals surface area contributed by atoms with Crippen molar-refractivity contribution in [1.29, 1.82) is 0 Å². The van der Waals surface area contributed by atoms with E-state index in [-0.39, 0.29) is 6.04 Å². The smallest absolute Gasteiger partial charge is 0.225 e. The molecule has 0 aromatic carbocycles. The van der Waals surface area contributed by atoms with Crippen LogP contribution in [0.5, 0.6) is 0 Å². The van der Waals surface area contributed by atoms with Gasteiger partial charge in [-0.3, -0.25) is 8.61 Å². The number of rotatable bonds is 3. The summed E-state index contributed by atoms with van der Waals surface area (Å²) in [6.45, 7) is 5.82. The first-order chi connectivity index (χ1) is 13.3. The van der Waals surface area contributed by atoms with E-state index < -0.39 is 9.73 Å². The molecule has 1 saturated heterocycles. The van der Waals surface area contributed by atoms with Crippen LogP contribution in [0.2, 0.25) is 0 Å². The lowest BCUT2D eigenvalue weighted by molar-refractivity contribution is 0.400. The van der Waals surface area contributed by atoms with E-state index in [1.165, 1.54) is 0 Å². The Hall–Kier alpha value is -2.48. The molecule has 148 valence electrons. The molecule has 3 aromatic heterocycles. The third-order valence-electron chi connectivity index (χ3n) is 4.88. The topological polar surface area (TPSA) is 75.8 Å². The van der Waals surface area contributed by atoms with Crippen molar-refractivity contribution >= 4 is 21.3 Å². The summed E-state index contributed by atoms with van der Waals surface area (Å²) in [5.41, 5.74) is 3.84. The highest BCUT2D eigenvalue weighted by molar-refractivity contribution is 7.92. The first-order valence-corrected chi connectivity index (χ1v) is 11.8.